The standard InChI is InChI=1S/C15H14Cl2N4O/c16-10-3-4-11(17)13(9-10)20-15-18-6-5-12(19-15)14(22)21-7-1-2-8-21/h3-6,9H,1-2,7-8H2,(H,18,19,20). The van der Waals surface area contributed by atoms with Gasteiger partial charge in [-0.25, -0.2) is 9.97 Å². The number of nitrogens with one attached hydrogen (secondary N) is 1. The van der Waals surface area contributed by atoms with E-state index in [1.807, 2.05) is 0 Å². The molecule has 1 fully saturated rings. The van der Waals surface area contributed by atoms with Gasteiger partial charge in [0.05, 0.1) is 10.7 Å². The van der Waals surface area contributed by atoms with Crippen molar-refractivity contribution in [2.75, 3.05) is 18.4 Å². The first-order valence-corrected chi connectivity index (χ1v) is 7.73. The minimum absolute atomic E-state index is 0.0693. The second kappa shape index (κ2) is 6.50. The highest BCUT2D eigenvalue weighted by Crippen LogP contribution is 2.27. The fourth-order valence-corrected chi connectivity index (χ4v) is 2.67. The molecule has 1 aliphatic heterocycles. The van der Waals surface area contributed by atoms with Crippen molar-refractivity contribution in [2.24, 2.45) is 0 Å². The van der Waals surface area contributed by atoms with Gasteiger partial charge in [0.1, 0.15) is 5.69 Å². The molecule has 1 aliphatic rings. The Kier molecular flexibility index (Phi) is 4.45. The molecule has 0 spiro atoms. The number of carbonyl (C=O) groups is 1. The molecule has 1 amide bonds. The number of benzene rings is 1. The number of hydrogen-bond donors (Lipinski definition) is 1. The van der Waals surface area contributed by atoms with Gasteiger partial charge in [0.2, 0.25) is 5.95 Å². The minimum Gasteiger partial charge on any atom is -0.337 e. The highest BCUT2D eigenvalue weighted by Gasteiger charge is 2.21. The van der Waals surface area contributed by atoms with Crippen LogP contribution in [-0.2, 0) is 0 Å². The predicted molar refractivity (Wildman–Crippen MR) is 86.9 cm³/mol. The van der Waals surface area contributed by atoms with Crippen molar-refractivity contribution in [2.45, 2.75) is 12.8 Å². The van der Waals surface area contributed by atoms with Gasteiger partial charge < -0.3 is 10.2 Å². The SMILES string of the molecule is O=C(c1ccnc(Nc2cc(Cl)ccc2Cl)n1)N1CCCC1. The van der Waals surface area contributed by atoms with Gasteiger partial charge in [0.15, 0.2) is 0 Å². The van der Waals surface area contributed by atoms with Crippen molar-refractivity contribution < 1.29 is 4.79 Å². The van der Waals surface area contributed by atoms with E-state index in [1.54, 1.807) is 35.4 Å². The summed E-state index contributed by atoms with van der Waals surface area (Å²) in [6.45, 7) is 1.57. The Morgan fingerprint density at radius 1 is 1.18 bits per heavy atom. The zero-order valence-corrected chi connectivity index (χ0v) is 13.2. The summed E-state index contributed by atoms with van der Waals surface area (Å²) in [5.74, 6) is 0.245. The van der Waals surface area contributed by atoms with Crippen LogP contribution in [-0.4, -0.2) is 33.9 Å². The van der Waals surface area contributed by atoms with Crippen LogP contribution >= 0.6 is 23.2 Å². The fraction of sp³-hybridized carbons (Fsp3) is 0.267. The lowest BCUT2D eigenvalue weighted by Gasteiger charge is -2.15. The maximum absolute atomic E-state index is 12.3. The number of amides is 1. The molecule has 7 heteroatoms. The van der Waals surface area contributed by atoms with Crippen LogP contribution < -0.4 is 5.32 Å². The predicted octanol–water partition coefficient (Wildman–Crippen LogP) is 3.76. The average molecular weight is 337 g/mol. The summed E-state index contributed by atoms with van der Waals surface area (Å²) in [7, 11) is 0. The van der Waals surface area contributed by atoms with Gasteiger partial charge in [-0.05, 0) is 37.1 Å². The number of hydrogen-bond acceptors (Lipinski definition) is 4. The first-order chi connectivity index (χ1) is 10.6. The van der Waals surface area contributed by atoms with Gasteiger partial charge >= 0.3 is 0 Å². The van der Waals surface area contributed by atoms with Gasteiger partial charge in [-0.3, -0.25) is 4.79 Å². The number of halogens is 2. The highest BCUT2D eigenvalue weighted by atomic mass is 35.5. The molecule has 5 nitrogen and oxygen atoms in total. The summed E-state index contributed by atoms with van der Waals surface area (Å²) in [6.07, 6.45) is 3.64. The summed E-state index contributed by atoms with van der Waals surface area (Å²) in [5.41, 5.74) is 0.970. The second-order valence-electron chi connectivity index (χ2n) is 5.01. The molecule has 0 bridgehead atoms. The largest absolute Gasteiger partial charge is 0.337 e. The molecule has 0 radical (unpaired) electrons. The number of aromatic nitrogens is 2. The lowest BCUT2D eigenvalue weighted by molar-refractivity contribution is 0.0787. The van der Waals surface area contributed by atoms with Crippen molar-refractivity contribution in [3.05, 3.63) is 46.2 Å². The van der Waals surface area contributed by atoms with Crippen LogP contribution in [0.25, 0.3) is 0 Å². The maximum Gasteiger partial charge on any atom is 0.272 e. The molecule has 0 atom stereocenters. The van der Waals surface area contributed by atoms with Crippen LogP contribution in [0.1, 0.15) is 23.3 Å². The summed E-state index contributed by atoms with van der Waals surface area (Å²) in [5, 5.41) is 4.05. The van der Waals surface area contributed by atoms with E-state index in [0.29, 0.717) is 27.4 Å². The third-order valence-electron chi connectivity index (χ3n) is 3.44. The summed E-state index contributed by atoms with van der Waals surface area (Å²) < 4.78 is 0. The Bertz CT molecular complexity index is 702. The quantitative estimate of drug-likeness (QED) is 0.926. The van der Waals surface area contributed by atoms with Crippen LogP contribution in [0.4, 0.5) is 11.6 Å². The van der Waals surface area contributed by atoms with Crippen LogP contribution in [0.2, 0.25) is 10.0 Å². The van der Waals surface area contributed by atoms with E-state index in [-0.39, 0.29) is 5.91 Å². The number of anilines is 2. The van der Waals surface area contributed by atoms with E-state index >= 15 is 0 Å². The van der Waals surface area contributed by atoms with Crippen molar-refractivity contribution in [1.82, 2.24) is 14.9 Å². The average Bonchev–Trinajstić information content (AvgIpc) is 3.05. The minimum atomic E-state index is -0.0693. The molecule has 2 heterocycles. The Morgan fingerprint density at radius 2 is 1.95 bits per heavy atom. The first-order valence-electron chi connectivity index (χ1n) is 6.98. The molecule has 22 heavy (non-hydrogen) atoms. The van der Waals surface area contributed by atoms with Crippen LogP contribution in [0, 0.1) is 0 Å². The molecule has 1 aromatic heterocycles. The van der Waals surface area contributed by atoms with Gasteiger partial charge in [-0.2, -0.15) is 0 Å². The number of rotatable bonds is 3. The Hall–Kier alpha value is -1.85. The fourth-order valence-electron chi connectivity index (χ4n) is 2.33. The third kappa shape index (κ3) is 3.31. The van der Waals surface area contributed by atoms with E-state index in [0.717, 1.165) is 25.9 Å². The molecule has 1 aromatic carbocycles. The van der Waals surface area contributed by atoms with Crippen molar-refractivity contribution in [1.29, 1.82) is 0 Å². The highest BCUT2D eigenvalue weighted by molar-refractivity contribution is 6.35. The smallest absolute Gasteiger partial charge is 0.272 e. The molecular formula is C15H14Cl2N4O. The summed E-state index contributed by atoms with van der Waals surface area (Å²) in [4.78, 5) is 22.5. The second-order valence-corrected chi connectivity index (χ2v) is 5.86. The zero-order valence-electron chi connectivity index (χ0n) is 11.7. The molecule has 0 saturated carbocycles. The van der Waals surface area contributed by atoms with Crippen LogP contribution in [0.3, 0.4) is 0 Å². The van der Waals surface area contributed by atoms with E-state index in [4.69, 9.17) is 23.2 Å². The molecule has 114 valence electrons. The number of likely N-dealkylation sites (tertiary alicyclic amines) is 1. The van der Waals surface area contributed by atoms with E-state index < -0.39 is 0 Å². The number of nitrogens with zero attached hydrogens (tertiary/aromatic N) is 3. The van der Waals surface area contributed by atoms with Crippen molar-refractivity contribution in [3.8, 4) is 0 Å². The third-order valence-corrected chi connectivity index (χ3v) is 4.01. The van der Waals surface area contributed by atoms with E-state index in [2.05, 4.69) is 15.3 Å². The van der Waals surface area contributed by atoms with Gasteiger partial charge in [0, 0.05) is 24.3 Å². The number of carbonyl (C=O) groups excluding carboxylic acids is 1. The van der Waals surface area contributed by atoms with Crippen molar-refractivity contribution >= 4 is 40.7 Å². The normalized spacial score (nSPS) is 14.2. The van der Waals surface area contributed by atoms with Crippen LogP contribution in [0.15, 0.2) is 30.5 Å². The lowest BCUT2D eigenvalue weighted by Crippen LogP contribution is -2.28. The maximum atomic E-state index is 12.3. The van der Waals surface area contributed by atoms with E-state index in [9.17, 15) is 4.79 Å². The molecule has 0 unspecified atom stereocenters. The lowest BCUT2D eigenvalue weighted by atomic mass is 10.3. The molecule has 1 N–H and O–H groups in total. The van der Waals surface area contributed by atoms with Crippen molar-refractivity contribution in [3.63, 3.8) is 0 Å². The molecule has 1 saturated heterocycles. The van der Waals surface area contributed by atoms with Crippen LogP contribution in [0.5, 0.6) is 0 Å². The molecule has 0 aliphatic carbocycles. The topological polar surface area (TPSA) is 58.1 Å². The van der Waals surface area contributed by atoms with Gasteiger partial charge in [-0.15, -0.1) is 0 Å². The van der Waals surface area contributed by atoms with Gasteiger partial charge in [-0.1, -0.05) is 23.2 Å². The van der Waals surface area contributed by atoms with Gasteiger partial charge in [0.25, 0.3) is 5.91 Å². The molecular weight excluding hydrogens is 323 g/mol. The van der Waals surface area contributed by atoms with E-state index in [1.165, 1.54) is 0 Å². The molecule has 3 rings (SSSR count). The summed E-state index contributed by atoms with van der Waals surface area (Å²) in [6, 6.07) is 6.68. The monoisotopic (exact) mass is 336 g/mol. The summed E-state index contributed by atoms with van der Waals surface area (Å²) >= 11 is 12.1. The molecule has 2 aromatic rings. The Balaban J connectivity index is 1.81. The Labute approximate surface area is 138 Å². The first kappa shape index (κ1) is 15.1. The Morgan fingerprint density at radius 3 is 2.73 bits per heavy atom. The zero-order chi connectivity index (χ0) is 15.5.